The Bertz CT molecular complexity index is 1540. The van der Waals surface area contributed by atoms with E-state index in [1.54, 1.807) is 43.5 Å². The smallest absolute Gasteiger partial charge is 0.420 e. The first-order valence-electron chi connectivity index (χ1n) is 14.2. The number of halogens is 3. The summed E-state index contributed by atoms with van der Waals surface area (Å²) >= 11 is 0. The van der Waals surface area contributed by atoms with E-state index in [0.717, 1.165) is 57.5 Å². The second-order valence-electron chi connectivity index (χ2n) is 10.3. The number of ether oxygens (including phenoxy) is 2. The summed E-state index contributed by atoms with van der Waals surface area (Å²) in [6, 6.07) is 8.26. The predicted molar refractivity (Wildman–Crippen MR) is 170 cm³/mol. The number of guanidine groups is 1. The lowest BCUT2D eigenvalue weighted by Gasteiger charge is -2.35. The van der Waals surface area contributed by atoms with Gasteiger partial charge >= 0.3 is 6.18 Å². The number of piperazine rings is 1. The van der Waals surface area contributed by atoms with Crippen molar-refractivity contribution in [3.8, 4) is 5.75 Å². The number of alkyl halides is 3. The molecule has 45 heavy (non-hydrogen) atoms. The van der Waals surface area contributed by atoms with Crippen molar-refractivity contribution in [2.24, 2.45) is 20.7 Å². The molecule has 0 aromatic heterocycles. The Balaban J connectivity index is 1.60. The van der Waals surface area contributed by atoms with Crippen LogP contribution in [0.5, 0.6) is 5.75 Å². The highest BCUT2D eigenvalue weighted by Crippen LogP contribution is 2.38. The number of rotatable bonds is 9. The molecule has 4 rings (SSSR count). The van der Waals surface area contributed by atoms with Gasteiger partial charge in [-0.2, -0.15) is 13.2 Å². The van der Waals surface area contributed by atoms with Crippen molar-refractivity contribution in [2.75, 3.05) is 70.8 Å². The second kappa shape index (κ2) is 14.4. The third kappa shape index (κ3) is 7.88. The molecule has 2 aromatic carbocycles. The number of hydrogen-bond acceptors (Lipinski definition) is 10. The normalized spacial score (nSPS) is 17.6. The van der Waals surface area contributed by atoms with Gasteiger partial charge in [0.05, 0.1) is 25.5 Å². The van der Waals surface area contributed by atoms with E-state index in [0.29, 0.717) is 29.7 Å². The number of aliphatic imine (C=N–C) groups is 3. The number of aryl methyl sites for hydroxylation is 1. The van der Waals surface area contributed by atoms with Gasteiger partial charge in [0.25, 0.3) is 5.91 Å². The average molecular weight is 627 g/mol. The summed E-state index contributed by atoms with van der Waals surface area (Å²) in [5, 5.41) is 2.54. The quantitative estimate of drug-likeness (QED) is 0.430. The van der Waals surface area contributed by atoms with Crippen LogP contribution in [0, 0.1) is 6.92 Å². The number of carbonyl (C=O) groups excluding carboxylic acids is 1. The number of nitrogens with one attached hydrogen (secondary N) is 1. The molecule has 1 saturated heterocycles. The third-order valence-corrected chi connectivity index (χ3v) is 7.45. The number of benzene rings is 2. The van der Waals surface area contributed by atoms with E-state index in [9.17, 15) is 18.0 Å². The summed E-state index contributed by atoms with van der Waals surface area (Å²) in [5.74, 6) is -0.176. The maximum Gasteiger partial charge on any atom is 0.420 e. The Hall–Kier alpha value is -4.69. The summed E-state index contributed by atoms with van der Waals surface area (Å²) in [6.07, 6.45) is -1.68. The molecule has 3 N–H and O–H groups in total. The van der Waals surface area contributed by atoms with Crippen LogP contribution in [0.15, 0.2) is 75.7 Å². The largest absolute Gasteiger partial charge is 0.496 e. The molecule has 0 spiro atoms. The maximum atomic E-state index is 13.5. The van der Waals surface area contributed by atoms with Crippen LogP contribution in [-0.4, -0.2) is 94.2 Å². The van der Waals surface area contributed by atoms with E-state index in [2.05, 4.69) is 31.7 Å². The van der Waals surface area contributed by atoms with Crippen LogP contribution in [0.3, 0.4) is 0 Å². The zero-order valence-electron chi connectivity index (χ0n) is 25.7. The van der Waals surface area contributed by atoms with Crippen molar-refractivity contribution in [1.29, 1.82) is 0 Å². The Labute approximate surface area is 260 Å². The van der Waals surface area contributed by atoms with E-state index in [1.807, 2.05) is 6.92 Å². The fourth-order valence-corrected chi connectivity index (χ4v) is 4.90. The van der Waals surface area contributed by atoms with Gasteiger partial charge in [-0.3, -0.25) is 14.7 Å². The van der Waals surface area contributed by atoms with Gasteiger partial charge in [0.2, 0.25) is 5.96 Å². The van der Waals surface area contributed by atoms with Gasteiger partial charge in [-0.1, -0.05) is 12.6 Å². The first-order chi connectivity index (χ1) is 21.5. The summed E-state index contributed by atoms with van der Waals surface area (Å²) in [6.45, 7) is 10.2. The van der Waals surface area contributed by atoms with Crippen LogP contribution in [0.4, 0.5) is 24.5 Å². The molecule has 0 radical (unpaired) electrons. The van der Waals surface area contributed by atoms with Crippen LogP contribution in [0.25, 0.3) is 0 Å². The number of allylic oxidation sites excluding steroid dienone is 1. The highest BCUT2D eigenvalue weighted by Gasteiger charge is 2.34. The maximum absolute atomic E-state index is 13.5. The van der Waals surface area contributed by atoms with Crippen molar-refractivity contribution >= 4 is 35.2 Å². The number of anilines is 2. The Morgan fingerprint density at radius 3 is 2.56 bits per heavy atom. The van der Waals surface area contributed by atoms with Crippen molar-refractivity contribution in [1.82, 2.24) is 9.80 Å². The van der Waals surface area contributed by atoms with Gasteiger partial charge < -0.3 is 30.3 Å². The average Bonchev–Trinajstić information content (AvgIpc) is 3.03. The molecule has 1 amide bonds. The number of methoxy groups -OCH3 is 2. The zero-order chi connectivity index (χ0) is 32.7. The van der Waals surface area contributed by atoms with Gasteiger partial charge in [0, 0.05) is 70.0 Å². The van der Waals surface area contributed by atoms with Crippen LogP contribution in [-0.2, 0) is 10.9 Å². The first kappa shape index (κ1) is 33.2. The monoisotopic (exact) mass is 626 g/mol. The summed E-state index contributed by atoms with van der Waals surface area (Å²) in [4.78, 5) is 32.8. The molecule has 0 bridgehead atoms. The third-order valence-electron chi connectivity index (χ3n) is 7.45. The van der Waals surface area contributed by atoms with Crippen molar-refractivity contribution in [2.45, 2.75) is 13.1 Å². The molecule has 14 heteroatoms. The number of hydrogen-bond donors (Lipinski definition) is 2. The van der Waals surface area contributed by atoms with Gasteiger partial charge in [0.15, 0.2) is 0 Å². The van der Waals surface area contributed by atoms with E-state index >= 15 is 0 Å². The zero-order valence-corrected chi connectivity index (χ0v) is 25.7. The molecule has 240 valence electrons. The minimum Gasteiger partial charge on any atom is -0.496 e. The summed E-state index contributed by atoms with van der Waals surface area (Å²) in [7, 11) is 4.56. The molecular weight excluding hydrogens is 589 g/mol. The fraction of sp³-hybridized carbons (Fsp3) is 0.355. The molecule has 11 nitrogen and oxygen atoms in total. The molecule has 2 heterocycles. The standard InChI is InChI=1S/C31H37F3N8O3/c1-6-36-24-19-37-30(42-13-11-41(12-14-42)15-16-44-4)39-27(24)28(35)40(3)25-17-21(8-7-20(25)2)29(43)38-22-9-10-26(45-5)23(18-22)31(32,33)34/h6-10,17-19H,1,11-16,35H2,2-5H3,(H,38,43)/b28-27-,36-24-. The molecule has 0 aliphatic carbocycles. The Morgan fingerprint density at radius 1 is 1.18 bits per heavy atom. The van der Waals surface area contributed by atoms with E-state index in [4.69, 9.17) is 20.2 Å². The molecule has 0 atom stereocenters. The lowest BCUT2D eigenvalue weighted by Crippen LogP contribution is -2.49. The molecule has 1 fully saturated rings. The topological polar surface area (TPSA) is 120 Å². The molecule has 2 aliphatic rings. The Morgan fingerprint density at radius 2 is 1.91 bits per heavy atom. The minimum atomic E-state index is -4.66. The summed E-state index contributed by atoms with van der Waals surface area (Å²) < 4.78 is 50.5. The highest BCUT2D eigenvalue weighted by molar-refractivity contribution is 6.41. The SMILES string of the molecule is C=C/N=C1/C=NC(N2CCN(CCOC)CC2)=N/C1=C(/N)N(C)c1cc(C(=O)Nc2ccc(OC)c(C(F)(F)F)c2)ccc1C. The van der Waals surface area contributed by atoms with E-state index < -0.39 is 17.6 Å². The highest BCUT2D eigenvalue weighted by atomic mass is 19.4. The van der Waals surface area contributed by atoms with Crippen molar-refractivity contribution in [3.63, 3.8) is 0 Å². The first-order valence-corrected chi connectivity index (χ1v) is 14.2. The van der Waals surface area contributed by atoms with Crippen LogP contribution in [0.2, 0.25) is 0 Å². The molecule has 0 unspecified atom stereocenters. The minimum absolute atomic E-state index is 0.0293. The number of carbonyl (C=O) groups is 1. The van der Waals surface area contributed by atoms with Gasteiger partial charge in [-0.15, -0.1) is 0 Å². The van der Waals surface area contributed by atoms with Gasteiger partial charge in [-0.05, 0) is 42.8 Å². The lowest BCUT2D eigenvalue weighted by molar-refractivity contribution is -0.138. The second-order valence-corrected chi connectivity index (χ2v) is 10.3. The van der Waals surface area contributed by atoms with Crippen LogP contribution < -0.4 is 20.7 Å². The van der Waals surface area contributed by atoms with Crippen LogP contribution >= 0.6 is 0 Å². The lowest BCUT2D eigenvalue weighted by atomic mass is 10.1. The number of amides is 1. The molecule has 2 aromatic rings. The number of nitrogens with zero attached hydrogens (tertiary/aromatic N) is 6. The molecule has 0 saturated carbocycles. The van der Waals surface area contributed by atoms with Gasteiger partial charge in [-0.25, -0.2) is 9.98 Å². The van der Waals surface area contributed by atoms with Crippen LogP contribution in [0.1, 0.15) is 21.5 Å². The molecule has 2 aliphatic heterocycles. The molecular formula is C31H37F3N8O3. The van der Waals surface area contributed by atoms with Gasteiger partial charge in [0.1, 0.15) is 23.0 Å². The predicted octanol–water partition coefficient (Wildman–Crippen LogP) is 4.13. The van der Waals surface area contributed by atoms with E-state index in [-0.39, 0.29) is 22.8 Å². The summed E-state index contributed by atoms with van der Waals surface area (Å²) in [5.41, 5.74) is 8.06. The Kier molecular flexibility index (Phi) is 10.6. The van der Waals surface area contributed by atoms with E-state index in [1.165, 1.54) is 12.3 Å². The fourth-order valence-electron chi connectivity index (χ4n) is 4.90. The van der Waals surface area contributed by atoms with Crippen molar-refractivity contribution < 1.29 is 27.4 Å². The number of nitrogens with two attached hydrogens (primary N) is 1. The van der Waals surface area contributed by atoms with Crippen molar-refractivity contribution in [3.05, 3.63) is 77.4 Å².